The Balaban J connectivity index is 2.38. The molecule has 1 aromatic heterocycles. The first-order valence-electron chi connectivity index (χ1n) is 5.30. The van der Waals surface area contributed by atoms with Gasteiger partial charge in [-0.3, -0.25) is 4.98 Å². The highest BCUT2D eigenvalue weighted by atomic mass is 19.4. The predicted molar refractivity (Wildman–Crippen MR) is 63.3 cm³/mol. The minimum atomic E-state index is -4.72. The third-order valence-corrected chi connectivity index (χ3v) is 2.31. The number of nitrogens with two attached hydrogens (primary N) is 1. The van der Waals surface area contributed by atoms with Crippen molar-refractivity contribution in [2.75, 3.05) is 5.73 Å². The summed E-state index contributed by atoms with van der Waals surface area (Å²) in [4.78, 5) is 8.07. The third kappa shape index (κ3) is 3.34. The minimum absolute atomic E-state index is 0.254. The lowest BCUT2D eigenvalue weighted by atomic mass is 10.1. The quantitative estimate of drug-likeness (QED) is 0.910. The smallest absolute Gasteiger partial charge is 0.406 e. The summed E-state index contributed by atoms with van der Waals surface area (Å²) >= 11 is 0. The molecule has 0 aliphatic heterocycles. The van der Waals surface area contributed by atoms with Gasteiger partial charge >= 0.3 is 6.36 Å². The fourth-order valence-corrected chi connectivity index (χ4v) is 1.62. The molecule has 2 aromatic rings. The molecule has 1 heterocycles. The maximum Gasteiger partial charge on any atom is 0.573 e. The van der Waals surface area contributed by atoms with Crippen molar-refractivity contribution in [3.63, 3.8) is 0 Å². The SMILES string of the molecule is Cc1nc(N)cnc1-c1cccc(OC(F)(F)F)c1. The van der Waals surface area contributed by atoms with Gasteiger partial charge in [-0.15, -0.1) is 13.2 Å². The molecule has 100 valence electrons. The van der Waals surface area contributed by atoms with Gasteiger partial charge in [-0.2, -0.15) is 0 Å². The van der Waals surface area contributed by atoms with E-state index in [0.29, 0.717) is 17.0 Å². The van der Waals surface area contributed by atoms with E-state index in [0.717, 1.165) is 0 Å². The van der Waals surface area contributed by atoms with Crippen LogP contribution in [0.4, 0.5) is 19.0 Å². The fourth-order valence-electron chi connectivity index (χ4n) is 1.62. The zero-order valence-electron chi connectivity index (χ0n) is 9.90. The van der Waals surface area contributed by atoms with Crippen molar-refractivity contribution in [1.29, 1.82) is 0 Å². The molecule has 0 bridgehead atoms. The van der Waals surface area contributed by atoms with Crippen molar-refractivity contribution < 1.29 is 17.9 Å². The van der Waals surface area contributed by atoms with E-state index in [1.807, 2.05) is 0 Å². The summed E-state index contributed by atoms with van der Waals surface area (Å²) in [5, 5.41) is 0. The number of anilines is 1. The van der Waals surface area contributed by atoms with Gasteiger partial charge in [0, 0.05) is 5.56 Å². The van der Waals surface area contributed by atoms with Crippen LogP contribution in [-0.2, 0) is 0 Å². The number of alkyl halides is 3. The molecule has 2 N–H and O–H groups in total. The second-order valence-electron chi connectivity index (χ2n) is 3.80. The molecule has 0 spiro atoms. The number of nitrogen functional groups attached to an aromatic ring is 1. The Morgan fingerprint density at radius 3 is 2.63 bits per heavy atom. The first-order valence-corrected chi connectivity index (χ1v) is 5.30. The Morgan fingerprint density at radius 2 is 2.00 bits per heavy atom. The van der Waals surface area contributed by atoms with Crippen molar-refractivity contribution in [1.82, 2.24) is 9.97 Å². The number of ether oxygens (including phenoxy) is 1. The van der Waals surface area contributed by atoms with E-state index in [2.05, 4.69) is 14.7 Å². The van der Waals surface area contributed by atoms with E-state index in [1.54, 1.807) is 13.0 Å². The average Bonchev–Trinajstić information content (AvgIpc) is 2.26. The number of nitrogens with zero attached hydrogens (tertiary/aromatic N) is 2. The molecule has 0 amide bonds. The molecular weight excluding hydrogens is 259 g/mol. The summed E-state index contributed by atoms with van der Waals surface area (Å²) in [6.45, 7) is 1.68. The molecule has 2 rings (SSSR count). The summed E-state index contributed by atoms with van der Waals surface area (Å²) in [5.41, 5.74) is 6.94. The van der Waals surface area contributed by atoms with Crippen LogP contribution in [0, 0.1) is 6.92 Å². The minimum Gasteiger partial charge on any atom is -0.406 e. The molecule has 4 nitrogen and oxygen atoms in total. The number of hydrogen-bond acceptors (Lipinski definition) is 4. The fraction of sp³-hybridized carbons (Fsp3) is 0.167. The second kappa shape index (κ2) is 4.75. The number of benzene rings is 1. The van der Waals surface area contributed by atoms with Crippen LogP contribution in [0.3, 0.4) is 0 Å². The lowest BCUT2D eigenvalue weighted by Gasteiger charge is -2.10. The first-order chi connectivity index (χ1) is 8.85. The van der Waals surface area contributed by atoms with Crippen molar-refractivity contribution in [3.8, 4) is 17.0 Å². The third-order valence-electron chi connectivity index (χ3n) is 2.31. The van der Waals surface area contributed by atoms with Gasteiger partial charge in [-0.1, -0.05) is 12.1 Å². The molecule has 7 heteroatoms. The maximum absolute atomic E-state index is 12.1. The maximum atomic E-state index is 12.1. The van der Waals surface area contributed by atoms with Gasteiger partial charge in [0.25, 0.3) is 0 Å². The van der Waals surface area contributed by atoms with E-state index in [4.69, 9.17) is 5.73 Å². The number of aryl methyl sites for hydroxylation is 1. The molecule has 0 aliphatic carbocycles. The summed E-state index contributed by atoms with van der Waals surface area (Å²) in [5.74, 6) is -0.0491. The van der Waals surface area contributed by atoms with E-state index < -0.39 is 6.36 Å². The average molecular weight is 269 g/mol. The van der Waals surface area contributed by atoms with Crippen LogP contribution in [0.1, 0.15) is 5.69 Å². The zero-order valence-corrected chi connectivity index (χ0v) is 9.90. The van der Waals surface area contributed by atoms with Gasteiger partial charge in [0.1, 0.15) is 11.6 Å². The molecule has 1 aromatic carbocycles. The summed E-state index contributed by atoms with van der Waals surface area (Å²) in [7, 11) is 0. The number of aromatic nitrogens is 2. The Labute approximate surface area is 107 Å². The Hall–Kier alpha value is -2.31. The van der Waals surface area contributed by atoms with Gasteiger partial charge in [0.05, 0.1) is 17.6 Å². The van der Waals surface area contributed by atoms with Gasteiger partial charge in [-0.05, 0) is 19.1 Å². The van der Waals surface area contributed by atoms with Gasteiger partial charge in [-0.25, -0.2) is 4.98 Å². The van der Waals surface area contributed by atoms with Gasteiger partial charge in [0.15, 0.2) is 0 Å². The molecule has 0 aliphatic rings. The van der Waals surface area contributed by atoms with Crippen LogP contribution in [0.5, 0.6) is 5.75 Å². The Morgan fingerprint density at radius 1 is 1.26 bits per heavy atom. The summed E-state index contributed by atoms with van der Waals surface area (Å²) < 4.78 is 40.3. The van der Waals surface area contributed by atoms with Crippen LogP contribution in [0.2, 0.25) is 0 Å². The normalized spacial score (nSPS) is 11.4. The highest BCUT2D eigenvalue weighted by Crippen LogP contribution is 2.28. The van der Waals surface area contributed by atoms with E-state index in [9.17, 15) is 13.2 Å². The standard InChI is InChI=1S/C12H10F3N3O/c1-7-11(17-6-10(16)18-7)8-3-2-4-9(5-8)19-12(13,14)15/h2-6H,1H3,(H2,16,18). The van der Waals surface area contributed by atoms with Crippen molar-refractivity contribution in [2.45, 2.75) is 13.3 Å². The van der Waals surface area contributed by atoms with E-state index in [1.165, 1.54) is 24.4 Å². The van der Waals surface area contributed by atoms with Crippen molar-refractivity contribution in [2.24, 2.45) is 0 Å². The van der Waals surface area contributed by atoms with Crippen LogP contribution < -0.4 is 10.5 Å². The van der Waals surface area contributed by atoms with Crippen LogP contribution >= 0.6 is 0 Å². The lowest BCUT2D eigenvalue weighted by Crippen LogP contribution is -2.17. The first kappa shape index (κ1) is 13.1. The van der Waals surface area contributed by atoms with Gasteiger partial charge in [0.2, 0.25) is 0 Å². The highest BCUT2D eigenvalue weighted by Gasteiger charge is 2.31. The lowest BCUT2D eigenvalue weighted by molar-refractivity contribution is -0.274. The molecular formula is C12H10F3N3O. The Bertz CT molecular complexity index is 599. The monoisotopic (exact) mass is 269 g/mol. The largest absolute Gasteiger partial charge is 0.573 e. The molecule has 0 radical (unpaired) electrons. The second-order valence-corrected chi connectivity index (χ2v) is 3.80. The topological polar surface area (TPSA) is 61.0 Å². The Kier molecular flexibility index (Phi) is 3.28. The molecule has 0 saturated carbocycles. The number of hydrogen-bond donors (Lipinski definition) is 1. The van der Waals surface area contributed by atoms with Crippen LogP contribution in [0.25, 0.3) is 11.3 Å². The number of halogens is 3. The molecule has 0 saturated heterocycles. The summed E-state index contributed by atoms with van der Waals surface area (Å²) in [6, 6.07) is 5.54. The van der Waals surface area contributed by atoms with Crippen molar-refractivity contribution in [3.05, 3.63) is 36.2 Å². The highest BCUT2D eigenvalue weighted by molar-refractivity contribution is 5.63. The molecule has 0 fully saturated rings. The molecule has 0 unspecified atom stereocenters. The van der Waals surface area contributed by atoms with Crippen LogP contribution in [0.15, 0.2) is 30.5 Å². The molecule has 0 atom stereocenters. The van der Waals surface area contributed by atoms with E-state index in [-0.39, 0.29) is 11.6 Å². The predicted octanol–water partition coefficient (Wildman–Crippen LogP) is 2.93. The van der Waals surface area contributed by atoms with Gasteiger partial charge < -0.3 is 10.5 Å². The van der Waals surface area contributed by atoms with Crippen molar-refractivity contribution >= 4 is 5.82 Å². The zero-order chi connectivity index (χ0) is 14.0. The summed E-state index contributed by atoms with van der Waals surface area (Å²) in [6.07, 6.45) is -3.37. The number of rotatable bonds is 2. The van der Waals surface area contributed by atoms with E-state index >= 15 is 0 Å². The van der Waals surface area contributed by atoms with Crippen LogP contribution in [-0.4, -0.2) is 16.3 Å². The molecule has 19 heavy (non-hydrogen) atoms.